The summed E-state index contributed by atoms with van der Waals surface area (Å²) in [6, 6.07) is 21.7. The molecule has 38 heavy (non-hydrogen) atoms. The predicted octanol–water partition coefficient (Wildman–Crippen LogP) is 5.14. The molecule has 0 spiro atoms. The highest BCUT2D eigenvalue weighted by Crippen LogP contribution is 2.25. The Labute approximate surface area is 234 Å². The van der Waals surface area contributed by atoms with Crippen LogP contribution < -0.4 is 9.62 Å². The van der Waals surface area contributed by atoms with E-state index in [-0.39, 0.29) is 23.3 Å². The van der Waals surface area contributed by atoms with Gasteiger partial charge in [-0.25, -0.2) is 8.42 Å². The Morgan fingerprint density at radius 2 is 1.58 bits per heavy atom. The first-order valence-electron chi connectivity index (χ1n) is 12.4. The van der Waals surface area contributed by atoms with Crippen LogP contribution in [0.5, 0.6) is 0 Å². The van der Waals surface area contributed by atoms with E-state index in [9.17, 15) is 18.0 Å². The number of carbonyl (C=O) groups is 2. The summed E-state index contributed by atoms with van der Waals surface area (Å²) >= 11 is 3.45. The molecular formula is C29H34BrN3O4S. The second-order valence-corrected chi connectivity index (χ2v) is 12.4. The molecule has 0 aliphatic heterocycles. The van der Waals surface area contributed by atoms with Gasteiger partial charge in [-0.05, 0) is 61.7 Å². The van der Waals surface area contributed by atoms with Crippen LogP contribution in [-0.4, -0.2) is 44.3 Å². The SMILES string of the molecule is Cc1ccc(S(=O)(=O)N(CC(=O)N(Cc2cccc(Br)c2)[C@@H](C)C(=O)NCC(C)C)c2ccccc2)cc1. The van der Waals surface area contributed by atoms with Gasteiger partial charge in [-0.2, -0.15) is 0 Å². The van der Waals surface area contributed by atoms with Crippen molar-refractivity contribution in [3.8, 4) is 0 Å². The molecule has 0 saturated heterocycles. The van der Waals surface area contributed by atoms with Crippen LogP contribution in [0.1, 0.15) is 31.9 Å². The molecule has 1 N–H and O–H groups in total. The molecule has 0 fully saturated rings. The molecule has 3 aromatic carbocycles. The average Bonchev–Trinajstić information content (AvgIpc) is 2.89. The molecule has 0 radical (unpaired) electrons. The van der Waals surface area contributed by atoms with Gasteiger partial charge in [0.05, 0.1) is 10.6 Å². The van der Waals surface area contributed by atoms with E-state index in [2.05, 4.69) is 21.2 Å². The van der Waals surface area contributed by atoms with Gasteiger partial charge >= 0.3 is 0 Å². The molecule has 0 saturated carbocycles. The van der Waals surface area contributed by atoms with Gasteiger partial charge in [0, 0.05) is 17.6 Å². The van der Waals surface area contributed by atoms with Gasteiger partial charge in [0.15, 0.2) is 0 Å². The molecule has 3 rings (SSSR count). The Morgan fingerprint density at radius 1 is 0.921 bits per heavy atom. The summed E-state index contributed by atoms with van der Waals surface area (Å²) in [5.41, 5.74) is 2.09. The van der Waals surface area contributed by atoms with Crippen molar-refractivity contribution in [2.24, 2.45) is 5.92 Å². The lowest BCUT2D eigenvalue weighted by atomic mass is 10.1. The van der Waals surface area contributed by atoms with E-state index < -0.39 is 28.5 Å². The normalized spacial score (nSPS) is 12.2. The molecule has 0 aliphatic carbocycles. The minimum Gasteiger partial charge on any atom is -0.354 e. The molecule has 7 nitrogen and oxygen atoms in total. The molecule has 0 heterocycles. The summed E-state index contributed by atoms with van der Waals surface area (Å²) in [6.45, 7) is 7.66. The van der Waals surface area contributed by atoms with E-state index in [1.165, 1.54) is 17.0 Å². The maximum Gasteiger partial charge on any atom is 0.264 e. The highest BCUT2D eigenvalue weighted by atomic mass is 79.9. The topological polar surface area (TPSA) is 86.8 Å². The number of aryl methyl sites for hydroxylation is 1. The third kappa shape index (κ3) is 7.68. The van der Waals surface area contributed by atoms with Gasteiger partial charge in [-0.15, -0.1) is 0 Å². The first kappa shape index (κ1) is 29.4. The van der Waals surface area contributed by atoms with Crippen LogP contribution in [0.15, 0.2) is 88.2 Å². The third-order valence-electron chi connectivity index (χ3n) is 6.03. The lowest BCUT2D eigenvalue weighted by Crippen LogP contribution is -2.51. The first-order valence-corrected chi connectivity index (χ1v) is 14.7. The third-order valence-corrected chi connectivity index (χ3v) is 8.31. The molecule has 1 atom stereocenters. The van der Waals surface area contributed by atoms with Crippen molar-refractivity contribution in [3.63, 3.8) is 0 Å². The maximum absolute atomic E-state index is 13.9. The number of amides is 2. The van der Waals surface area contributed by atoms with Crippen molar-refractivity contribution >= 4 is 43.5 Å². The fourth-order valence-electron chi connectivity index (χ4n) is 3.83. The van der Waals surface area contributed by atoms with Crippen LogP contribution in [0, 0.1) is 12.8 Å². The molecule has 2 amide bonds. The van der Waals surface area contributed by atoms with Crippen LogP contribution in [-0.2, 0) is 26.2 Å². The number of benzene rings is 3. The number of sulfonamides is 1. The van der Waals surface area contributed by atoms with Gasteiger partial charge in [0.25, 0.3) is 10.0 Å². The Kier molecular flexibility index (Phi) is 10.1. The zero-order valence-corrected chi connectivity index (χ0v) is 24.5. The van der Waals surface area contributed by atoms with E-state index in [4.69, 9.17) is 0 Å². The number of hydrogen-bond acceptors (Lipinski definition) is 4. The number of halogens is 1. The second kappa shape index (κ2) is 13.1. The second-order valence-electron chi connectivity index (χ2n) is 9.63. The van der Waals surface area contributed by atoms with Crippen molar-refractivity contribution in [3.05, 3.63) is 94.5 Å². The molecule has 202 valence electrons. The number of carbonyl (C=O) groups excluding carboxylic acids is 2. The van der Waals surface area contributed by atoms with Crippen molar-refractivity contribution in [2.45, 2.75) is 45.2 Å². The quantitative estimate of drug-likeness (QED) is 0.330. The fourth-order valence-corrected chi connectivity index (χ4v) is 5.69. The van der Waals surface area contributed by atoms with Gasteiger partial charge in [-0.1, -0.05) is 77.8 Å². The van der Waals surface area contributed by atoms with E-state index in [1.54, 1.807) is 49.4 Å². The van der Waals surface area contributed by atoms with Crippen LogP contribution in [0.3, 0.4) is 0 Å². The predicted molar refractivity (Wildman–Crippen MR) is 154 cm³/mol. The largest absolute Gasteiger partial charge is 0.354 e. The van der Waals surface area contributed by atoms with E-state index in [0.717, 1.165) is 19.9 Å². The minimum atomic E-state index is -4.07. The average molecular weight is 601 g/mol. The van der Waals surface area contributed by atoms with Gasteiger partial charge < -0.3 is 10.2 Å². The molecule has 0 aliphatic rings. The summed E-state index contributed by atoms with van der Waals surface area (Å²) in [5.74, 6) is -0.542. The molecular weight excluding hydrogens is 566 g/mol. The number of rotatable bonds is 11. The molecule has 0 aromatic heterocycles. The molecule has 9 heteroatoms. The van der Waals surface area contributed by atoms with Crippen molar-refractivity contribution in [2.75, 3.05) is 17.4 Å². The van der Waals surface area contributed by atoms with Crippen LogP contribution in [0.2, 0.25) is 0 Å². The zero-order valence-electron chi connectivity index (χ0n) is 22.1. The lowest BCUT2D eigenvalue weighted by Gasteiger charge is -2.32. The Hall–Kier alpha value is -3.17. The Balaban J connectivity index is 1.98. The Bertz CT molecular complexity index is 1350. The van der Waals surface area contributed by atoms with Gasteiger partial charge in [-0.3, -0.25) is 13.9 Å². The number of nitrogens with one attached hydrogen (secondary N) is 1. The summed E-state index contributed by atoms with van der Waals surface area (Å²) < 4.78 is 29.5. The Morgan fingerprint density at radius 3 is 2.18 bits per heavy atom. The van der Waals surface area contributed by atoms with Crippen molar-refractivity contribution in [1.82, 2.24) is 10.2 Å². The van der Waals surface area contributed by atoms with Crippen molar-refractivity contribution < 1.29 is 18.0 Å². The van der Waals surface area contributed by atoms with Gasteiger partial charge in [0.2, 0.25) is 11.8 Å². The fraction of sp³-hybridized carbons (Fsp3) is 0.310. The maximum atomic E-state index is 13.9. The zero-order chi connectivity index (χ0) is 27.9. The number of para-hydroxylation sites is 1. The van der Waals surface area contributed by atoms with Crippen molar-refractivity contribution in [1.29, 1.82) is 0 Å². The van der Waals surface area contributed by atoms with Crippen LogP contribution >= 0.6 is 15.9 Å². The first-order chi connectivity index (χ1) is 18.0. The van der Waals surface area contributed by atoms with E-state index in [0.29, 0.717) is 12.2 Å². The summed E-state index contributed by atoms with van der Waals surface area (Å²) in [5, 5.41) is 2.89. The number of hydrogen-bond donors (Lipinski definition) is 1. The highest BCUT2D eigenvalue weighted by Gasteiger charge is 2.32. The van der Waals surface area contributed by atoms with Crippen LogP contribution in [0.4, 0.5) is 5.69 Å². The van der Waals surface area contributed by atoms with Crippen LogP contribution in [0.25, 0.3) is 0 Å². The van der Waals surface area contributed by atoms with E-state index >= 15 is 0 Å². The summed E-state index contributed by atoms with van der Waals surface area (Å²) in [4.78, 5) is 28.4. The standard InChI is InChI=1S/C29H34BrN3O4S/c1-21(2)18-31-29(35)23(4)32(19-24-9-8-10-25(30)17-24)28(34)20-33(26-11-6-5-7-12-26)38(36,37)27-15-13-22(3)14-16-27/h5-17,21,23H,18-20H2,1-4H3,(H,31,35)/t23-/m0/s1. The highest BCUT2D eigenvalue weighted by molar-refractivity contribution is 9.10. The molecule has 0 bridgehead atoms. The monoisotopic (exact) mass is 599 g/mol. The van der Waals surface area contributed by atoms with Gasteiger partial charge in [0.1, 0.15) is 12.6 Å². The lowest BCUT2D eigenvalue weighted by molar-refractivity contribution is -0.139. The minimum absolute atomic E-state index is 0.0843. The molecule has 0 unspecified atom stereocenters. The van der Waals surface area contributed by atoms with E-state index in [1.807, 2.05) is 45.0 Å². The number of nitrogens with zero attached hydrogens (tertiary/aromatic N) is 2. The smallest absolute Gasteiger partial charge is 0.264 e. The number of anilines is 1. The summed E-state index contributed by atoms with van der Waals surface area (Å²) in [7, 11) is -4.07. The molecule has 3 aromatic rings. The summed E-state index contributed by atoms with van der Waals surface area (Å²) in [6.07, 6.45) is 0.